The number of halogens is 1. The number of ether oxygens (including phenoxy) is 1. The van der Waals surface area contributed by atoms with E-state index < -0.39 is 23.7 Å². The standard InChI is InChI=1S/C16H18FNO4/c1-9(2)5-13(16(20)21)18-15(19)11-6-10-7-12(17)3-4-14(10)22-8-11/h3-4,6-7,9,13H,5,8H2,1-2H3,(H,18,19)(H,20,21)/t13-/m0/s1. The number of carboxylic acids is 1. The SMILES string of the molecule is CC(C)C[C@H](NC(=O)C1=Cc2cc(F)ccc2OC1)C(=O)O. The molecule has 6 heteroatoms. The summed E-state index contributed by atoms with van der Waals surface area (Å²) in [4.78, 5) is 23.4. The number of carbonyl (C=O) groups is 2. The van der Waals surface area contributed by atoms with Crippen LogP contribution in [0.25, 0.3) is 6.08 Å². The molecule has 0 aromatic heterocycles. The Morgan fingerprint density at radius 1 is 1.41 bits per heavy atom. The van der Waals surface area contributed by atoms with E-state index in [1.165, 1.54) is 24.3 Å². The molecule has 1 heterocycles. The van der Waals surface area contributed by atoms with Crippen molar-refractivity contribution in [1.82, 2.24) is 5.32 Å². The highest BCUT2D eigenvalue weighted by molar-refractivity contribution is 6.00. The summed E-state index contributed by atoms with van der Waals surface area (Å²) in [6.45, 7) is 3.78. The van der Waals surface area contributed by atoms with Gasteiger partial charge in [-0.3, -0.25) is 4.79 Å². The number of amides is 1. The van der Waals surface area contributed by atoms with Crippen molar-refractivity contribution < 1.29 is 23.8 Å². The van der Waals surface area contributed by atoms with Crippen molar-refractivity contribution in [3.8, 4) is 5.75 Å². The Hall–Kier alpha value is -2.37. The van der Waals surface area contributed by atoms with Crippen LogP contribution in [0.1, 0.15) is 25.8 Å². The molecule has 0 saturated heterocycles. The largest absolute Gasteiger partial charge is 0.488 e. The van der Waals surface area contributed by atoms with Gasteiger partial charge in [0.1, 0.15) is 24.2 Å². The minimum absolute atomic E-state index is 0.0263. The maximum atomic E-state index is 13.2. The predicted octanol–water partition coefficient (Wildman–Crippen LogP) is 2.22. The fourth-order valence-corrected chi connectivity index (χ4v) is 2.22. The van der Waals surface area contributed by atoms with Gasteiger partial charge < -0.3 is 15.2 Å². The van der Waals surface area contributed by atoms with Crippen LogP contribution in [0.15, 0.2) is 23.8 Å². The molecule has 0 unspecified atom stereocenters. The summed E-state index contributed by atoms with van der Waals surface area (Å²) in [7, 11) is 0. The maximum absolute atomic E-state index is 13.2. The second kappa shape index (κ2) is 6.60. The zero-order valence-electron chi connectivity index (χ0n) is 12.4. The van der Waals surface area contributed by atoms with Crippen LogP contribution in [0.3, 0.4) is 0 Å². The zero-order valence-corrected chi connectivity index (χ0v) is 12.4. The normalized spacial score (nSPS) is 14.6. The molecule has 0 bridgehead atoms. The molecule has 5 nitrogen and oxygen atoms in total. The summed E-state index contributed by atoms with van der Waals surface area (Å²) < 4.78 is 18.6. The van der Waals surface area contributed by atoms with Crippen LogP contribution in [0, 0.1) is 11.7 Å². The molecule has 0 spiro atoms. The maximum Gasteiger partial charge on any atom is 0.326 e. The topological polar surface area (TPSA) is 75.6 Å². The van der Waals surface area contributed by atoms with E-state index in [-0.39, 0.29) is 18.1 Å². The van der Waals surface area contributed by atoms with Gasteiger partial charge in [0.2, 0.25) is 0 Å². The number of nitrogens with one attached hydrogen (secondary N) is 1. The third-order valence-corrected chi connectivity index (χ3v) is 3.29. The van der Waals surface area contributed by atoms with Crippen LogP contribution >= 0.6 is 0 Å². The molecule has 0 fully saturated rings. The number of carboxylic acid groups (broad SMARTS) is 1. The Bertz CT molecular complexity index is 625. The molecule has 1 atom stereocenters. The Morgan fingerprint density at radius 3 is 2.77 bits per heavy atom. The van der Waals surface area contributed by atoms with Crippen LogP contribution in [0.4, 0.5) is 4.39 Å². The lowest BCUT2D eigenvalue weighted by molar-refractivity contribution is -0.141. The molecule has 0 aliphatic carbocycles. The highest BCUT2D eigenvalue weighted by Crippen LogP contribution is 2.27. The minimum atomic E-state index is -1.08. The monoisotopic (exact) mass is 307 g/mol. The van der Waals surface area contributed by atoms with Crippen molar-refractivity contribution in [2.75, 3.05) is 6.61 Å². The highest BCUT2D eigenvalue weighted by Gasteiger charge is 2.24. The number of rotatable bonds is 5. The van der Waals surface area contributed by atoms with Gasteiger partial charge in [0.15, 0.2) is 0 Å². The van der Waals surface area contributed by atoms with Crippen LogP contribution < -0.4 is 10.1 Å². The Kier molecular flexibility index (Phi) is 4.80. The molecule has 0 radical (unpaired) electrons. The fourth-order valence-electron chi connectivity index (χ4n) is 2.22. The first-order valence-electron chi connectivity index (χ1n) is 7.03. The lowest BCUT2D eigenvalue weighted by atomic mass is 10.0. The molecule has 2 N–H and O–H groups in total. The molecule has 1 aromatic rings. The lowest BCUT2D eigenvalue weighted by Crippen LogP contribution is -2.43. The predicted molar refractivity (Wildman–Crippen MR) is 78.9 cm³/mol. The molecule has 118 valence electrons. The Balaban J connectivity index is 2.14. The molecule has 0 saturated carbocycles. The van der Waals surface area contributed by atoms with Gasteiger partial charge in [-0.2, -0.15) is 0 Å². The van der Waals surface area contributed by atoms with E-state index in [0.717, 1.165) is 0 Å². The van der Waals surface area contributed by atoms with Crippen LogP contribution in [-0.2, 0) is 9.59 Å². The van der Waals surface area contributed by atoms with Gasteiger partial charge in [-0.05, 0) is 36.6 Å². The quantitative estimate of drug-likeness (QED) is 0.874. The van der Waals surface area contributed by atoms with E-state index in [4.69, 9.17) is 9.84 Å². The van der Waals surface area contributed by atoms with E-state index in [1.54, 1.807) is 0 Å². The third kappa shape index (κ3) is 3.84. The van der Waals surface area contributed by atoms with Crippen LogP contribution in [0.2, 0.25) is 0 Å². The highest BCUT2D eigenvalue weighted by atomic mass is 19.1. The van der Waals surface area contributed by atoms with Gasteiger partial charge in [0, 0.05) is 5.56 Å². The van der Waals surface area contributed by atoms with Crippen LogP contribution in [-0.4, -0.2) is 29.6 Å². The first-order valence-corrected chi connectivity index (χ1v) is 7.03. The third-order valence-electron chi connectivity index (χ3n) is 3.29. The lowest BCUT2D eigenvalue weighted by Gasteiger charge is -2.20. The van der Waals surface area contributed by atoms with Gasteiger partial charge in [0.05, 0.1) is 5.57 Å². The molecule has 2 rings (SSSR count). The number of aliphatic carboxylic acids is 1. The van der Waals surface area contributed by atoms with Crippen molar-refractivity contribution in [3.63, 3.8) is 0 Å². The summed E-state index contributed by atoms with van der Waals surface area (Å²) in [5, 5.41) is 11.6. The summed E-state index contributed by atoms with van der Waals surface area (Å²) in [6.07, 6.45) is 1.85. The number of hydrogen-bond acceptors (Lipinski definition) is 3. The van der Waals surface area contributed by atoms with E-state index in [0.29, 0.717) is 17.7 Å². The average Bonchev–Trinajstić information content (AvgIpc) is 2.45. The van der Waals surface area contributed by atoms with Crippen molar-refractivity contribution in [2.45, 2.75) is 26.3 Å². The number of carbonyl (C=O) groups excluding carboxylic acids is 1. The Morgan fingerprint density at radius 2 is 2.14 bits per heavy atom. The minimum Gasteiger partial charge on any atom is -0.488 e. The Labute approximate surface area is 127 Å². The van der Waals surface area contributed by atoms with Crippen LogP contribution in [0.5, 0.6) is 5.75 Å². The molecular formula is C16H18FNO4. The van der Waals surface area contributed by atoms with Crippen molar-refractivity contribution in [2.24, 2.45) is 5.92 Å². The van der Waals surface area contributed by atoms with Crippen molar-refractivity contribution in [3.05, 3.63) is 35.2 Å². The molecule has 1 aliphatic rings. The van der Waals surface area contributed by atoms with E-state index in [9.17, 15) is 14.0 Å². The number of benzene rings is 1. The summed E-state index contributed by atoms with van der Waals surface area (Å²) in [6, 6.07) is 3.09. The summed E-state index contributed by atoms with van der Waals surface area (Å²) in [5.41, 5.74) is 0.736. The fraction of sp³-hybridized carbons (Fsp3) is 0.375. The van der Waals surface area contributed by atoms with E-state index in [2.05, 4.69) is 5.32 Å². The van der Waals surface area contributed by atoms with Gasteiger partial charge in [0.25, 0.3) is 5.91 Å². The zero-order chi connectivity index (χ0) is 16.3. The molecular weight excluding hydrogens is 289 g/mol. The van der Waals surface area contributed by atoms with Crippen molar-refractivity contribution in [1.29, 1.82) is 0 Å². The summed E-state index contributed by atoms with van der Waals surface area (Å²) in [5.74, 6) is -1.39. The molecule has 1 amide bonds. The van der Waals surface area contributed by atoms with Gasteiger partial charge in [-0.25, -0.2) is 9.18 Å². The average molecular weight is 307 g/mol. The van der Waals surface area contributed by atoms with Crippen molar-refractivity contribution >= 4 is 18.0 Å². The smallest absolute Gasteiger partial charge is 0.326 e. The van der Waals surface area contributed by atoms with Gasteiger partial charge in [-0.15, -0.1) is 0 Å². The molecule has 22 heavy (non-hydrogen) atoms. The van der Waals surface area contributed by atoms with E-state index >= 15 is 0 Å². The second-order valence-electron chi connectivity index (χ2n) is 5.63. The molecule has 1 aliphatic heterocycles. The first-order chi connectivity index (χ1) is 10.4. The van der Waals surface area contributed by atoms with Gasteiger partial charge >= 0.3 is 5.97 Å². The molecule has 1 aromatic carbocycles. The number of hydrogen-bond donors (Lipinski definition) is 2. The first kappa shape index (κ1) is 16.0. The summed E-state index contributed by atoms with van der Waals surface area (Å²) >= 11 is 0. The second-order valence-corrected chi connectivity index (χ2v) is 5.63. The number of fused-ring (bicyclic) bond motifs is 1. The van der Waals surface area contributed by atoms with Gasteiger partial charge in [-0.1, -0.05) is 13.8 Å². The van der Waals surface area contributed by atoms with E-state index in [1.807, 2.05) is 13.8 Å².